The first-order valence-corrected chi connectivity index (χ1v) is 8.09. The highest BCUT2D eigenvalue weighted by Gasteiger charge is 2.36. The van der Waals surface area contributed by atoms with E-state index in [1.165, 1.54) is 24.3 Å². The van der Waals surface area contributed by atoms with Gasteiger partial charge in [0.25, 0.3) is 5.91 Å². The second-order valence-electron chi connectivity index (χ2n) is 5.64. The molecule has 0 N–H and O–H groups in total. The van der Waals surface area contributed by atoms with E-state index in [1.54, 1.807) is 6.07 Å². The normalized spacial score (nSPS) is 17.1. The number of imide groups is 1. The highest BCUT2D eigenvalue weighted by Crippen LogP contribution is 2.19. The number of hydrogen-bond acceptors (Lipinski definition) is 3. The average Bonchev–Trinajstić information content (AvgIpc) is 2.97. The molecule has 1 unspecified atom stereocenters. The van der Waals surface area contributed by atoms with Gasteiger partial charge in [-0.3, -0.25) is 4.79 Å². The zero-order chi connectivity index (χ0) is 17.8. The summed E-state index contributed by atoms with van der Waals surface area (Å²) in [5.74, 6) is -1.07. The van der Waals surface area contributed by atoms with E-state index >= 15 is 0 Å². The van der Waals surface area contributed by atoms with Gasteiger partial charge in [0.2, 0.25) is 0 Å². The maximum absolute atomic E-state index is 13.4. The van der Waals surface area contributed by atoms with E-state index in [0.29, 0.717) is 12.0 Å². The third-order valence-electron chi connectivity index (χ3n) is 3.87. The summed E-state index contributed by atoms with van der Waals surface area (Å²) in [7, 11) is 0. The molecule has 0 aromatic heterocycles. The number of cyclic esters (lactones) is 1. The molecule has 2 aromatic carbocycles. The number of hydrogen-bond donors (Lipinski definition) is 0. The van der Waals surface area contributed by atoms with Crippen LogP contribution in [0.3, 0.4) is 0 Å². The SMILES string of the molecule is O=C(/C=C/c1ccc(Cl)c(F)c1)N1C(=O)OCC1Cc1ccccc1. The summed E-state index contributed by atoms with van der Waals surface area (Å²) in [5, 5.41) is 0.00882. The molecule has 1 aliphatic heterocycles. The van der Waals surface area contributed by atoms with Crippen LogP contribution in [0.25, 0.3) is 6.08 Å². The smallest absolute Gasteiger partial charge is 0.417 e. The van der Waals surface area contributed by atoms with Crippen LogP contribution in [0.1, 0.15) is 11.1 Å². The molecular formula is C19H15ClFNO3. The molecule has 1 atom stereocenters. The van der Waals surface area contributed by atoms with Crippen LogP contribution in [0.4, 0.5) is 9.18 Å². The first-order valence-electron chi connectivity index (χ1n) is 7.71. The molecule has 128 valence electrons. The highest BCUT2D eigenvalue weighted by molar-refractivity contribution is 6.30. The number of halogens is 2. The van der Waals surface area contributed by atoms with E-state index in [0.717, 1.165) is 10.5 Å². The molecule has 4 nitrogen and oxygen atoms in total. The van der Waals surface area contributed by atoms with Gasteiger partial charge in [-0.2, -0.15) is 0 Å². The van der Waals surface area contributed by atoms with Crippen LogP contribution in [0.15, 0.2) is 54.6 Å². The van der Waals surface area contributed by atoms with Crippen molar-refractivity contribution in [3.05, 3.63) is 76.6 Å². The Morgan fingerprint density at radius 1 is 1.28 bits per heavy atom. The monoisotopic (exact) mass is 359 g/mol. The molecule has 2 aromatic rings. The largest absolute Gasteiger partial charge is 0.447 e. The van der Waals surface area contributed by atoms with Gasteiger partial charge in [-0.25, -0.2) is 14.1 Å². The summed E-state index contributed by atoms with van der Waals surface area (Å²) in [6.45, 7) is 0.156. The zero-order valence-corrected chi connectivity index (χ0v) is 13.9. The highest BCUT2D eigenvalue weighted by atomic mass is 35.5. The third kappa shape index (κ3) is 4.06. The molecule has 3 rings (SSSR count). The standard InChI is InChI=1S/C19H15ClFNO3/c20-16-8-6-14(11-17(16)21)7-9-18(23)22-15(12-25-19(22)24)10-13-4-2-1-3-5-13/h1-9,11,15H,10,12H2/b9-7+. The molecule has 0 spiro atoms. The number of amides is 2. The Balaban J connectivity index is 1.73. The second-order valence-corrected chi connectivity index (χ2v) is 6.04. The maximum Gasteiger partial charge on any atom is 0.417 e. The minimum atomic E-state index is -0.669. The Bertz CT molecular complexity index is 823. The van der Waals surface area contributed by atoms with Crippen LogP contribution in [-0.2, 0) is 16.0 Å². The van der Waals surface area contributed by atoms with Crippen LogP contribution in [-0.4, -0.2) is 29.5 Å². The predicted octanol–water partition coefficient (Wildman–Crippen LogP) is 4.08. The van der Waals surface area contributed by atoms with Crippen molar-refractivity contribution in [3.63, 3.8) is 0 Å². The zero-order valence-electron chi connectivity index (χ0n) is 13.2. The van der Waals surface area contributed by atoms with Crippen molar-refractivity contribution in [2.75, 3.05) is 6.61 Å². The molecule has 1 aliphatic rings. The number of nitrogens with zero attached hydrogens (tertiary/aromatic N) is 1. The topological polar surface area (TPSA) is 46.6 Å². The van der Waals surface area contributed by atoms with Crippen molar-refractivity contribution < 1.29 is 18.7 Å². The molecular weight excluding hydrogens is 345 g/mol. The van der Waals surface area contributed by atoms with Crippen LogP contribution in [0, 0.1) is 5.82 Å². The lowest BCUT2D eigenvalue weighted by Crippen LogP contribution is -2.39. The minimum Gasteiger partial charge on any atom is -0.447 e. The molecule has 1 heterocycles. The van der Waals surface area contributed by atoms with E-state index in [9.17, 15) is 14.0 Å². The lowest BCUT2D eigenvalue weighted by atomic mass is 10.1. The summed E-state index contributed by atoms with van der Waals surface area (Å²) < 4.78 is 18.4. The first kappa shape index (κ1) is 17.2. The Morgan fingerprint density at radius 3 is 2.76 bits per heavy atom. The van der Waals surface area contributed by atoms with Crippen molar-refractivity contribution in [3.8, 4) is 0 Å². The Hall–Kier alpha value is -2.66. The van der Waals surface area contributed by atoms with Crippen molar-refractivity contribution >= 4 is 29.7 Å². The van der Waals surface area contributed by atoms with E-state index in [4.69, 9.17) is 16.3 Å². The van der Waals surface area contributed by atoms with Crippen LogP contribution in [0.2, 0.25) is 5.02 Å². The van der Waals surface area contributed by atoms with E-state index in [1.807, 2.05) is 30.3 Å². The van der Waals surface area contributed by atoms with E-state index < -0.39 is 17.8 Å². The van der Waals surface area contributed by atoms with Crippen molar-refractivity contribution in [2.24, 2.45) is 0 Å². The average molecular weight is 360 g/mol. The van der Waals surface area contributed by atoms with Gasteiger partial charge in [0.1, 0.15) is 12.4 Å². The number of carbonyl (C=O) groups is 2. The number of carbonyl (C=O) groups excluding carboxylic acids is 2. The fourth-order valence-electron chi connectivity index (χ4n) is 2.63. The van der Waals surface area contributed by atoms with Gasteiger partial charge in [0, 0.05) is 6.08 Å². The summed E-state index contributed by atoms with van der Waals surface area (Å²) in [5.41, 5.74) is 1.48. The van der Waals surface area contributed by atoms with Gasteiger partial charge >= 0.3 is 6.09 Å². The molecule has 25 heavy (non-hydrogen) atoms. The van der Waals surface area contributed by atoms with Gasteiger partial charge in [-0.1, -0.05) is 48.0 Å². The number of benzene rings is 2. The second kappa shape index (κ2) is 7.49. The first-order chi connectivity index (χ1) is 12.0. The lowest BCUT2D eigenvalue weighted by molar-refractivity contribution is -0.124. The van der Waals surface area contributed by atoms with E-state index in [2.05, 4.69) is 0 Å². The number of ether oxygens (including phenoxy) is 1. The van der Waals surface area contributed by atoms with Crippen LogP contribution < -0.4 is 0 Å². The fourth-order valence-corrected chi connectivity index (χ4v) is 2.75. The fraction of sp³-hybridized carbons (Fsp3) is 0.158. The summed E-state index contributed by atoms with van der Waals surface area (Å²) in [6, 6.07) is 13.4. The minimum absolute atomic E-state index is 0.00882. The molecule has 1 saturated heterocycles. The molecule has 0 radical (unpaired) electrons. The number of rotatable bonds is 4. The van der Waals surface area contributed by atoms with E-state index in [-0.39, 0.29) is 17.7 Å². The quantitative estimate of drug-likeness (QED) is 0.773. The Kier molecular flexibility index (Phi) is 5.14. The van der Waals surface area contributed by atoms with Crippen molar-refractivity contribution in [2.45, 2.75) is 12.5 Å². The summed E-state index contributed by atoms with van der Waals surface area (Å²) in [4.78, 5) is 25.4. The lowest BCUT2D eigenvalue weighted by Gasteiger charge is -2.18. The Labute approximate surface area is 149 Å². The van der Waals surface area contributed by atoms with Gasteiger partial charge in [-0.15, -0.1) is 0 Å². The Morgan fingerprint density at radius 2 is 2.04 bits per heavy atom. The van der Waals surface area contributed by atoms with Gasteiger partial charge < -0.3 is 4.74 Å². The maximum atomic E-state index is 13.4. The molecule has 1 fully saturated rings. The summed E-state index contributed by atoms with van der Waals surface area (Å²) >= 11 is 5.63. The predicted molar refractivity (Wildman–Crippen MR) is 92.6 cm³/mol. The van der Waals surface area contributed by atoms with Gasteiger partial charge in [0.05, 0.1) is 11.1 Å². The van der Waals surface area contributed by atoms with Crippen LogP contribution >= 0.6 is 11.6 Å². The van der Waals surface area contributed by atoms with Gasteiger partial charge in [0.15, 0.2) is 0 Å². The van der Waals surface area contributed by atoms with Crippen molar-refractivity contribution in [1.82, 2.24) is 4.90 Å². The van der Waals surface area contributed by atoms with Gasteiger partial charge in [-0.05, 0) is 35.8 Å². The van der Waals surface area contributed by atoms with Crippen LogP contribution in [0.5, 0.6) is 0 Å². The summed E-state index contributed by atoms with van der Waals surface area (Å²) in [6.07, 6.45) is 2.51. The molecule has 0 aliphatic carbocycles. The third-order valence-corrected chi connectivity index (χ3v) is 4.18. The molecule has 0 saturated carbocycles. The molecule has 0 bridgehead atoms. The van der Waals surface area contributed by atoms with Crippen molar-refractivity contribution in [1.29, 1.82) is 0 Å². The molecule has 2 amide bonds. The molecule has 6 heteroatoms.